The van der Waals surface area contributed by atoms with Gasteiger partial charge in [0.25, 0.3) is 5.91 Å². The van der Waals surface area contributed by atoms with Gasteiger partial charge in [0.2, 0.25) is 0 Å². The first kappa shape index (κ1) is 20.8. The SMILES string of the molecule is CC(C)(C)[Si](C)(C)OCCCN1C(=O)c2ccccc2C1(O)c1ccccc1. The van der Waals surface area contributed by atoms with Gasteiger partial charge in [-0.25, -0.2) is 0 Å². The average molecular weight is 398 g/mol. The van der Waals surface area contributed by atoms with E-state index in [4.69, 9.17) is 4.43 Å². The Balaban J connectivity index is 1.81. The predicted octanol–water partition coefficient (Wildman–Crippen LogP) is 4.75. The van der Waals surface area contributed by atoms with Gasteiger partial charge in [0.1, 0.15) is 0 Å². The van der Waals surface area contributed by atoms with Gasteiger partial charge in [-0.1, -0.05) is 69.3 Å². The highest BCUT2D eigenvalue weighted by atomic mass is 28.4. The van der Waals surface area contributed by atoms with Crippen LogP contribution in [-0.2, 0) is 10.2 Å². The first-order valence-corrected chi connectivity index (χ1v) is 12.8. The van der Waals surface area contributed by atoms with Crippen molar-refractivity contribution in [2.45, 2.75) is 51.0 Å². The molecule has 28 heavy (non-hydrogen) atoms. The van der Waals surface area contributed by atoms with E-state index < -0.39 is 14.0 Å². The van der Waals surface area contributed by atoms with Crippen molar-refractivity contribution in [3.05, 3.63) is 71.3 Å². The maximum Gasteiger partial charge on any atom is 0.257 e. The minimum absolute atomic E-state index is 0.130. The van der Waals surface area contributed by atoms with Gasteiger partial charge in [-0.3, -0.25) is 4.79 Å². The van der Waals surface area contributed by atoms with E-state index in [0.717, 1.165) is 0 Å². The lowest BCUT2D eigenvalue weighted by molar-refractivity contribution is -0.0513. The minimum atomic E-state index is -1.83. The van der Waals surface area contributed by atoms with Crippen LogP contribution in [0.5, 0.6) is 0 Å². The van der Waals surface area contributed by atoms with Gasteiger partial charge in [-0.05, 0) is 30.6 Å². The lowest BCUT2D eigenvalue weighted by Crippen LogP contribution is -2.46. The van der Waals surface area contributed by atoms with Crippen molar-refractivity contribution in [1.29, 1.82) is 0 Å². The second-order valence-corrected chi connectivity index (χ2v) is 13.8. The Bertz CT molecular complexity index is 844. The molecule has 2 aromatic carbocycles. The number of carbonyl (C=O) groups excluding carboxylic acids is 1. The molecule has 1 N–H and O–H groups in total. The molecule has 0 spiro atoms. The number of aliphatic hydroxyl groups is 1. The van der Waals surface area contributed by atoms with Gasteiger partial charge in [0, 0.05) is 29.8 Å². The van der Waals surface area contributed by atoms with Crippen molar-refractivity contribution < 1.29 is 14.3 Å². The fraction of sp³-hybridized carbons (Fsp3) is 0.435. The van der Waals surface area contributed by atoms with Crippen LogP contribution in [0.2, 0.25) is 18.1 Å². The Morgan fingerprint density at radius 3 is 2.29 bits per heavy atom. The lowest BCUT2D eigenvalue weighted by atomic mass is 9.94. The highest BCUT2D eigenvalue weighted by Crippen LogP contribution is 2.42. The van der Waals surface area contributed by atoms with Crippen molar-refractivity contribution >= 4 is 14.2 Å². The van der Waals surface area contributed by atoms with E-state index in [1.807, 2.05) is 48.5 Å². The molecule has 1 amide bonds. The number of rotatable bonds is 6. The van der Waals surface area contributed by atoms with Crippen molar-refractivity contribution in [2.75, 3.05) is 13.2 Å². The van der Waals surface area contributed by atoms with Gasteiger partial charge in [-0.2, -0.15) is 0 Å². The van der Waals surface area contributed by atoms with E-state index in [9.17, 15) is 9.90 Å². The molecule has 3 rings (SSSR count). The molecular weight excluding hydrogens is 366 g/mol. The molecule has 5 heteroatoms. The number of fused-ring (bicyclic) bond motifs is 1. The molecule has 0 bridgehead atoms. The third-order valence-electron chi connectivity index (χ3n) is 6.14. The summed E-state index contributed by atoms with van der Waals surface area (Å²) in [5, 5.41) is 11.9. The van der Waals surface area contributed by atoms with Crippen LogP contribution >= 0.6 is 0 Å². The molecule has 1 atom stereocenters. The number of carbonyl (C=O) groups is 1. The monoisotopic (exact) mass is 397 g/mol. The molecule has 0 saturated carbocycles. The Morgan fingerprint density at radius 2 is 1.64 bits per heavy atom. The van der Waals surface area contributed by atoms with Crippen LogP contribution in [0, 0.1) is 0 Å². The summed E-state index contributed by atoms with van der Waals surface area (Å²) in [5.41, 5.74) is 0.487. The molecule has 2 aromatic rings. The maximum atomic E-state index is 13.1. The van der Waals surface area contributed by atoms with E-state index in [-0.39, 0.29) is 10.9 Å². The largest absolute Gasteiger partial charge is 0.417 e. The molecule has 0 saturated heterocycles. The fourth-order valence-electron chi connectivity index (χ4n) is 3.42. The van der Waals surface area contributed by atoms with Crippen LogP contribution in [0.4, 0.5) is 0 Å². The molecule has 1 aliphatic heterocycles. The van der Waals surface area contributed by atoms with Crippen molar-refractivity contribution in [3.63, 3.8) is 0 Å². The Labute approximate surface area is 169 Å². The quantitative estimate of drug-likeness (QED) is 0.565. The summed E-state index contributed by atoms with van der Waals surface area (Å²) in [7, 11) is -1.83. The zero-order valence-electron chi connectivity index (χ0n) is 17.5. The van der Waals surface area contributed by atoms with Gasteiger partial charge < -0.3 is 14.4 Å². The first-order valence-electron chi connectivity index (χ1n) is 9.92. The van der Waals surface area contributed by atoms with Crippen LogP contribution in [0.3, 0.4) is 0 Å². The fourth-order valence-corrected chi connectivity index (χ4v) is 4.51. The molecule has 1 unspecified atom stereocenters. The predicted molar refractivity (Wildman–Crippen MR) is 115 cm³/mol. The van der Waals surface area contributed by atoms with E-state index >= 15 is 0 Å². The average Bonchev–Trinajstić information content (AvgIpc) is 2.88. The van der Waals surface area contributed by atoms with E-state index in [2.05, 4.69) is 33.9 Å². The Kier molecular flexibility index (Phi) is 5.54. The molecule has 1 aliphatic rings. The third kappa shape index (κ3) is 3.54. The van der Waals surface area contributed by atoms with Crippen LogP contribution < -0.4 is 0 Å². The van der Waals surface area contributed by atoms with Crippen molar-refractivity contribution in [3.8, 4) is 0 Å². The van der Waals surface area contributed by atoms with E-state index in [1.54, 1.807) is 11.0 Å². The standard InChI is InChI=1S/C23H31NO3Si/c1-22(2,3)28(4,5)27-17-11-16-24-21(25)19-14-9-10-15-20(19)23(24,26)18-12-7-6-8-13-18/h6-10,12-15,26H,11,16-17H2,1-5H3. The van der Waals surface area contributed by atoms with Crippen LogP contribution in [0.1, 0.15) is 48.7 Å². The Hall–Kier alpha value is -1.95. The minimum Gasteiger partial charge on any atom is -0.417 e. The molecule has 0 fully saturated rings. The lowest BCUT2D eigenvalue weighted by Gasteiger charge is -2.37. The zero-order chi connectivity index (χ0) is 20.6. The summed E-state index contributed by atoms with van der Waals surface area (Å²) in [5.74, 6) is -0.130. The third-order valence-corrected chi connectivity index (χ3v) is 10.7. The normalized spacial score (nSPS) is 19.8. The molecule has 0 radical (unpaired) electrons. The smallest absolute Gasteiger partial charge is 0.257 e. The number of hydrogen-bond acceptors (Lipinski definition) is 3. The van der Waals surface area contributed by atoms with Crippen LogP contribution in [0.25, 0.3) is 0 Å². The summed E-state index contributed by atoms with van der Waals surface area (Å²) in [6, 6.07) is 16.8. The molecular formula is C23H31NO3Si. The van der Waals surface area contributed by atoms with E-state index in [0.29, 0.717) is 36.3 Å². The highest BCUT2D eigenvalue weighted by Gasteiger charge is 2.49. The van der Waals surface area contributed by atoms with Crippen LogP contribution in [0.15, 0.2) is 54.6 Å². The molecule has 150 valence electrons. The number of hydrogen-bond donors (Lipinski definition) is 1. The zero-order valence-corrected chi connectivity index (χ0v) is 18.5. The van der Waals surface area contributed by atoms with Gasteiger partial charge in [-0.15, -0.1) is 0 Å². The summed E-state index contributed by atoms with van der Waals surface area (Å²) in [4.78, 5) is 14.7. The Morgan fingerprint density at radius 1 is 1.04 bits per heavy atom. The van der Waals surface area contributed by atoms with E-state index in [1.165, 1.54) is 0 Å². The van der Waals surface area contributed by atoms with Crippen LogP contribution in [-0.4, -0.2) is 37.4 Å². The summed E-state index contributed by atoms with van der Waals surface area (Å²) in [6.07, 6.45) is 0.682. The summed E-state index contributed by atoms with van der Waals surface area (Å²) in [6.45, 7) is 12.1. The number of nitrogens with zero attached hydrogens (tertiary/aromatic N) is 1. The van der Waals surface area contributed by atoms with Gasteiger partial charge >= 0.3 is 0 Å². The molecule has 1 heterocycles. The molecule has 4 nitrogen and oxygen atoms in total. The summed E-state index contributed by atoms with van der Waals surface area (Å²) >= 11 is 0. The summed E-state index contributed by atoms with van der Waals surface area (Å²) < 4.78 is 6.26. The second kappa shape index (κ2) is 7.47. The molecule has 0 aromatic heterocycles. The van der Waals surface area contributed by atoms with Crippen molar-refractivity contribution in [2.24, 2.45) is 0 Å². The topological polar surface area (TPSA) is 49.8 Å². The first-order chi connectivity index (χ1) is 13.1. The number of benzene rings is 2. The van der Waals surface area contributed by atoms with Gasteiger partial charge in [0.15, 0.2) is 14.0 Å². The van der Waals surface area contributed by atoms with Gasteiger partial charge in [0.05, 0.1) is 0 Å². The number of amides is 1. The highest BCUT2D eigenvalue weighted by molar-refractivity contribution is 6.74. The van der Waals surface area contributed by atoms with Crippen molar-refractivity contribution in [1.82, 2.24) is 4.90 Å². The molecule has 0 aliphatic carbocycles. The maximum absolute atomic E-state index is 13.1. The second-order valence-electron chi connectivity index (χ2n) is 9.00.